The van der Waals surface area contributed by atoms with E-state index in [0.29, 0.717) is 19.1 Å². The van der Waals surface area contributed by atoms with Crippen LogP contribution >= 0.6 is 35.3 Å². The lowest BCUT2D eigenvalue weighted by Crippen LogP contribution is -2.38. The maximum Gasteiger partial charge on any atom is 0.253 e. The number of hydrogen-bond acceptors (Lipinski definition) is 4. The van der Waals surface area contributed by atoms with Gasteiger partial charge in [-0.1, -0.05) is 25.1 Å². The van der Waals surface area contributed by atoms with E-state index in [2.05, 4.69) is 45.4 Å². The third kappa shape index (κ3) is 7.27. The normalized spacial score (nSPS) is 17.3. The molecule has 8 heteroatoms. The number of benzene rings is 1. The third-order valence-electron chi connectivity index (χ3n) is 4.70. The van der Waals surface area contributed by atoms with Gasteiger partial charge < -0.3 is 20.7 Å². The summed E-state index contributed by atoms with van der Waals surface area (Å²) in [5.41, 5.74) is 1.86. The molecule has 1 amide bonds. The van der Waals surface area contributed by atoms with Crippen LogP contribution in [0.15, 0.2) is 46.8 Å². The van der Waals surface area contributed by atoms with Gasteiger partial charge in [-0.2, -0.15) is 0 Å². The summed E-state index contributed by atoms with van der Waals surface area (Å²) in [7, 11) is 1.77. The van der Waals surface area contributed by atoms with E-state index in [9.17, 15) is 4.79 Å². The minimum atomic E-state index is -0.324. The van der Waals surface area contributed by atoms with Crippen molar-refractivity contribution in [1.82, 2.24) is 10.6 Å². The van der Waals surface area contributed by atoms with Gasteiger partial charge in [-0.15, -0.1) is 35.3 Å². The zero-order valence-electron chi connectivity index (χ0n) is 16.8. The Morgan fingerprint density at radius 3 is 2.86 bits per heavy atom. The monoisotopic (exact) mass is 528 g/mol. The first-order valence-corrected chi connectivity index (χ1v) is 10.5. The average molecular weight is 528 g/mol. The molecule has 1 aromatic carbocycles. The maximum atomic E-state index is 12.2. The van der Waals surface area contributed by atoms with Gasteiger partial charge in [0.25, 0.3) is 5.91 Å². The molecule has 1 saturated heterocycles. The van der Waals surface area contributed by atoms with Crippen LogP contribution in [0, 0.1) is 0 Å². The average Bonchev–Trinajstić information content (AvgIpc) is 3.42. The molecular formula is C21H29IN4O2S. The molecule has 1 aliphatic rings. The number of thiophene rings is 1. The van der Waals surface area contributed by atoms with Crippen molar-refractivity contribution >= 4 is 52.9 Å². The van der Waals surface area contributed by atoms with Crippen molar-refractivity contribution in [2.75, 3.05) is 25.5 Å². The molecule has 6 nitrogen and oxygen atoms in total. The molecule has 2 heterocycles. The van der Waals surface area contributed by atoms with E-state index in [1.54, 1.807) is 18.4 Å². The van der Waals surface area contributed by atoms with E-state index in [1.807, 2.05) is 24.3 Å². The number of guanidine groups is 1. The largest absolute Gasteiger partial charge is 0.368 e. The fourth-order valence-electron chi connectivity index (χ4n) is 3.09. The SMILES string of the molecule is CN=C(NCc1cccc(NC(=O)C2CCCO2)c1)NCC(C)c1cccs1.I. The van der Waals surface area contributed by atoms with Gasteiger partial charge in [0.05, 0.1) is 0 Å². The molecule has 3 rings (SSSR count). The van der Waals surface area contributed by atoms with Gasteiger partial charge in [0.2, 0.25) is 0 Å². The second kappa shape index (κ2) is 12.1. The number of rotatable bonds is 7. The highest BCUT2D eigenvalue weighted by molar-refractivity contribution is 14.0. The van der Waals surface area contributed by atoms with Crippen LogP contribution in [-0.4, -0.2) is 38.2 Å². The Labute approximate surface area is 193 Å². The van der Waals surface area contributed by atoms with Gasteiger partial charge in [-0.25, -0.2) is 0 Å². The Kier molecular flexibility index (Phi) is 9.89. The van der Waals surface area contributed by atoms with Crippen LogP contribution < -0.4 is 16.0 Å². The summed E-state index contributed by atoms with van der Waals surface area (Å²) in [4.78, 5) is 17.9. The molecule has 1 aromatic heterocycles. The third-order valence-corrected chi connectivity index (χ3v) is 5.81. The molecular weight excluding hydrogens is 499 g/mol. The fourth-order valence-corrected chi connectivity index (χ4v) is 3.88. The Bertz CT molecular complexity index is 792. The van der Waals surface area contributed by atoms with Crippen LogP contribution in [0.3, 0.4) is 0 Å². The Morgan fingerprint density at radius 1 is 1.31 bits per heavy atom. The van der Waals surface area contributed by atoms with Crippen molar-refractivity contribution in [3.05, 3.63) is 52.2 Å². The zero-order chi connectivity index (χ0) is 19.8. The molecule has 2 aromatic rings. The quantitative estimate of drug-likeness (QED) is 0.289. The van der Waals surface area contributed by atoms with E-state index >= 15 is 0 Å². The minimum Gasteiger partial charge on any atom is -0.368 e. The summed E-state index contributed by atoms with van der Waals surface area (Å²) in [6, 6.07) is 12.1. The highest BCUT2D eigenvalue weighted by atomic mass is 127. The van der Waals surface area contributed by atoms with E-state index in [0.717, 1.165) is 36.6 Å². The van der Waals surface area contributed by atoms with E-state index in [4.69, 9.17) is 4.74 Å². The molecule has 2 unspecified atom stereocenters. The topological polar surface area (TPSA) is 74.8 Å². The lowest BCUT2D eigenvalue weighted by Gasteiger charge is -2.16. The number of amides is 1. The molecule has 0 spiro atoms. The molecule has 1 fully saturated rings. The molecule has 3 N–H and O–H groups in total. The zero-order valence-corrected chi connectivity index (χ0v) is 20.0. The van der Waals surface area contributed by atoms with Crippen molar-refractivity contribution in [3.8, 4) is 0 Å². The van der Waals surface area contributed by atoms with Gasteiger partial charge in [-0.3, -0.25) is 9.79 Å². The van der Waals surface area contributed by atoms with Crippen molar-refractivity contribution in [1.29, 1.82) is 0 Å². The number of nitrogens with one attached hydrogen (secondary N) is 3. The van der Waals surface area contributed by atoms with Crippen LogP contribution in [0.5, 0.6) is 0 Å². The number of nitrogens with zero attached hydrogens (tertiary/aromatic N) is 1. The Hall–Kier alpha value is -1.65. The molecule has 29 heavy (non-hydrogen) atoms. The van der Waals surface area contributed by atoms with Gasteiger partial charge in [0.15, 0.2) is 5.96 Å². The van der Waals surface area contributed by atoms with Gasteiger partial charge in [0.1, 0.15) is 6.10 Å². The number of aliphatic imine (C=N–C) groups is 1. The Morgan fingerprint density at radius 2 is 2.17 bits per heavy atom. The number of carbonyl (C=O) groups is 1. The van der Waals surface area contributed by atoms with Crippen molar-refractivity contribution < 1.29 is 9.53 Å². The summed E-state index contributed by atoms with van der Waals surface area (Å²) in [6.07, 6.45) is 1.41. The predicted octanol–water partition coefficient (Wildman–Crippen LogP) is 3.95. The van der Waals surface area contributed by atoms with Crippen LogP contribution in [0.4, 0.5) is 5.69 Å². The van der Waals surface area contributed by atoms with E-state index in [1.165, 1.54) is 4.88 Å². The highest BCUT2D eigenvalue weighted by Gasteiger charge is 2.23. The van der Waals surface area contributed by atoms with E-state index < -0.39 is 0 Å². The maximum absolute atomic E-state index is 12.2. The minimum absolute atomic E-state index is 0. The fraction of sp³-hybridized carbons (Fsp3) is 0.429. The predicted molar refractivity (Wildman–Crippen MR) is 130 cm³/mol. The summed E-state index contributed by atoms with van der Waals surface area (Å²) < 4.78 is 5.44. The molecule has 0 bridgehead atoms. The lowest BCUT2D eigenvalue weighted by molar-refractivity contribution is -0.124. The van der Waals surface area contributed by atoms with E-state index in [-0.39, 0.29) is 36.0 Å². The number of carbonyl (C=O) groups excluding carboxylic acids is 1. The van der Waals surface area contributed by atoms with Gasteiger partial charge in [-0.05, 0) is 42.0 Å². The summed E-state index contributed by atoms with van der Waals surface area (Å²) in [6.45, 7) is 4.31. The van der Waals surface area contributed by atoms with Crippen LogP contribution in [-0.2, 0) is 16.1 Å². The number of anilines is 1. The van der Waals surface area contributed by atoms with Crippen molar-refractivity contribution in [2.24, 2.45) is 4.99 Å². The van der Waals surface area contributed by atoms with Gasteiger partial charge in [0, 0.05) is 43.2 Å². The Balaban J connectivity index is 0.00000300. The molecule has 2 atom stereocenters. The van der Waals surface area contributed by atoms with Gasteiger partial charge >= 0.3 is 0 Å². The summed E-state index contributed by atoms with van der Waals surface area (Å²) in [5.74, 6) is 1.12. The standard InChI is InChI=1S/C21H28N4O2S.HI/c1-15(19-9-5-11-28-19)13-23-21(22-2)24-14-16-6-3-7-17(12-16)25-20(26)18-8-4-10-27-18;/h3,5-7,9,11-12,15,18H,4,8,10,13-14H2,1-2H3,(H,25,26)(H2,22,23,24);1H. The first kappa shape index (κ1) is 23.6. The van der Waals surface area contributed by atoms with Crippen LogP contribution in [0.1, 0.15) is 36.1 Å². The number of ether oxygens (including phenoxy) is 1. The molecule has 0 radical (unpaired) electrons. The first-order chi connectivity index (χ1) is 13.7. The molecule has 0 saturated carbocycles. The van der Waals surface area contributed by atoms with Crippen molar-refractivity contribution in [2.45, 2.75) is 38.3 Å². The summed E-state index contributed by atoms with van der Waals surface area (Å²) >= 11 is 1.77. The smallest absolute Gasteiger partial charge is 0.253 e. The highest BCUT2D eigenvalue weighted by Crippen LogP contribution is 2.19. The molecule has 1 aliphatic heterocycles. The first-order valence-electron chi connectivity index (χ1n) is 9.65. The second-order valence-electron chi connectivity index (χ2n) is 6.91. The second-order valence-corrected chi connectivity index (χ2v) is 7.89. The number of hydrogen-bond donors (Lipinski definition) is 3. The number of halogens is 1. The lowest BCUT2D eigenvalue weighted by atomic mass is 10.1. The van der Waals surface area contributed by atoms with Crippen LogP contribution in [0.2, 0.25) is 0 Å². The van der Waals surface area contributed by atoms with Crippen LogP contribution in [0.25, 0.3) is 0 Å². The summed E-state index contributed by atoms with van der Waals surface area (Å²) in [5, 5.41) is 11.7. The molecule has 158 valence electrons. The van der Waals surface area contributed by atoms with Crippen molar-refractivity contribution in [3.63, 3.8) is 0 Å². The molecule has 0 aliphatic carbocycles.